The molecule has 1 fully saturated rings. The number of rotatable bonds is 1. The summed E-state index contributed by atoms with van der Waals surface area (Å²) in [5, 5.41) is 0.512. The molecule has 15 heavy (non-hydrogen) atoms. The van der Waals surface area contributed by atoms with E-state index in [1.165, 1.54) is 19.3 Å². The number of anilines is 1. The van der Waals surface area contributed by atoms with Crippen LogP contribution in [0.25, 0.3) is 0 Å². The molecule has 4 heteroatoms. The number of hydrogen-bond donors (Lipinski definition) is 0. The fourth-order valence-electron chi connectivity index (χ4n) is 2.33. The predicted molar refractivity (Wildman–Crippen MR) is 62.3 cm³/mol. The maximum Gasteiger partial charge on any atom is 0.171 e. The van der Waals surface area contributed by atoms with Crippen molar-refractivity contribution in [3.63, 3.8) is 0 Å². The van der Waals surface area contributed by atoms with Crippen LogP contribution in [0, 0.1) is 0 Å². The van der Waals surface area contributed by atoms with Crippen LogP contribution in [0.4, 0.5) is 5.82 Å². The minimum atomic E-state index is 0.503. The zero-order chi connectivity index (χ0) is 10.8. The van der Waals surface area contributed by atoms with E-state index in [-0.39, 0.29) is 0 Å². The van der Waals surface area contributed by atoms with Gasteiger partial charge in [-0.05, 0) is 33.1 Å². The average Bonchev–Trinajstić information content (AvgIpc) is 2.20. The average molecular weight is 226 g/mol. The third-order valence-electron chi connectivity index (χ3n) is 3.07. The number of halogens is 1. The van der Waals surface area contributed by atoms with Gasteiger partial charge in [0.05, 0.1) is 0 Å². The minimum Gasteiger partial charge on any atom is -0.349 e. The van der Waals surface area contributed by atoms with Crippen LogP contribution in [0.1, 0.15) is 33.1 Å². The molecular formula is C11H16ClN3. The lowest BCUT2D eigenvalue weighted by Gasteiger charge is -2.40. The van der Waals surface area contributed by atoms with Gasteiger partial charge in [-0.15, -0.1) is 0 Å². The Morgan fingerprint density at radius 2 is 1.80 bits per heavy atom. The Labute approximate surface area is 95.5 Å². The first-order chi connectivity index (χ1) is 7.20. The fourth-order valence-corrected chi connectivity index (χ4v) is 2.53. The Morgan fingerprint density at radius 3 is 2.40 bits per heavy atom. The molecule has 1 aromatic heterocycles. The molecule has 82 valence electrons. The van der Waals surface area contributed by atoms with E-state index in [9.17, 15) is 0 Å². The molecule has 1 aromatic rings. The number of nitrogens with zero attached hydrogens (tertiary/aromatic N) is 3. The van der Waals surface area contributed by atoms with Gasteiger partial charge in [0.2, 0.25) is 0 Å². The predicted octanol–water partition coefficient (Wildman–Crippen LogP) is 2.90. The van der Waals surface area contributed by atoms with Crippen molar-refractivity contribution in [1.82, 2.24) is 9.97 Å². The molecule has 2 heterocycles. The zero-order valence-electron chi connectivity index (χ0n) is 9.15. The zero-order valence-corrected chi connectivity index (χ0v) is 9.91. The van der Waals surface area contributed by atoms with Gasteiger partial charge in [-0.25, -0.2) is 9.97 Å². The van der Waals surface area contributed by atoms with Gasteiger partial charge in [0.15, 0.2) is 11.0 Å². The molecule has 1 saturated heterocycles. The highest BCUT2D eigenvalue weighted by Gasteiger charge is 2.27. The first kappa shape index (κ1) is 10.7. The van der Waals surface area contributed by atoms with Gasteiger partial charge in [0, 0.05) is 24.5 Å². The van der Waals surface area contributed by atoms with Crippen LogP contribution in [0.3, 0.4) is 0 Å². The first-order valence-electron chi connectivity index (χ1n) is 5.45. The van der Waals surface area contributed by atoms with Crippen molar-refractivity contribution in [2.75, 3.05) is 4.90 Å². The smallest absolute Gasteiger partial charge is 0.171 e. The Kier molecular flexibility index (Phi) is 3.10. The maximum absolute atomic E-state index is 6.07. The van der Waals surface area contributed by atoms with E-state index < -0.39 is 0 Å². The van der Waals surface area contributed by atoms with Crippen molar-refractivity contribution in [1.29, 1.82) is 0 Å². The van der Waals surface area contributed by atoms with E-state index in [1.54, 1.807) is 12.4 Å². The molecule has 0 aliphatic carbocycles. The molecule has 2 rings (SSSR count). The molecule has 2 atom stereocenters. The second-order valence-electron chi connectivity index (χ2n) is 4.21. The molecule has 1 aliphatic rings. The number of aromatic nitrogens is 2. The lowest BCUT2D eigenvalue weighted by molar-refractivity contribution is 0.411. The monoisotopic (exact) mass is 225 g/mol. The van der Waals surface area contributed by atoms with Crippen molar-refractivity contribution in [3.05, 3.63) is 17.5 Å². The molecule has 3 nitrogen and oxygen atoms in total. The molecule has 1 aliphatic heterocycles. The van der Waals surface area contributed by atoms with Crippen LogP contribution in [0.2, 0.25) is 5.15 Å². The Morgan fingerprint density at radius 1 is 1.20 bits per heavy atom. The van der Waals surface area contributed by atoms with Crippen LogP contribution < -0.4 is 4.90 Å². The second-order valence-corrected chi connectivity index (χ2v) is 4.56. The van der Waals surface area contributed by atoms with E-state index in [0.29, 0.717) is 17.2 Å². The quantitative estimate of drug-likeness (QED) is 0.736. The van der Waals surface area contributed by atoms with E-state index >= 15 is 0 Å². The van der Waals surface area contributed by atoms with E-state index in [4.69, 9.17) is 11.6 Å². The molecule has 0 saturated carbocycles. The summed E-state index contributed by atoms with van der Waals surface area (Å²) in [4.78, 5) is 10.7. The van der Waals surface area contributed by atoms with Crippen LogP contribution in [-0.4, -0.2) is 22.1 Å². The summed E-state index contributed by atoms with van der Waals surface area (Å²) in [6, 6.07) is 1.01. The van der Waals surface area contributed by atoms with Crippen molar-refractivity contribution in [3.8, 4) is 0 Å². The topological polar surface area (TPSA) is 29.0 Å². The van der Waals surface area contributed by atoms with Crippen molar-refractivity contribution in [2.24, 2.45) is 0 Å². The highest BCUT2D eigenvalue weighted by molar-refractivity contribution is 6.31. The summed E-state index contributed by atoms with van der Waals surface area (Å²) in [6.45, 7) is 4.45. The van der Waals surface area contributed by atoms with Crippen LogP contribution in [0.15, 0.2) is 12.4 Å². The molecular weight excluding hydrogens is 210 g/mol. The van der Waals surface area contributed by atoms with Gasteiger partial charge in [-0.1, -0.05) is 11.6 Å². The van der Waals surface area contributed by atoms with Gasteiger partial charge in [-0.2, -0.15) is 0 Å². The first-order valence-corrected chi connectivity index (χ1v) is 5.83. The van der Waals surface area contributed by atoms with Crippen LogP contribution in [-0.2, 0) is 0 Å². The summed E-state index contributed by atoms with van der Waals surface area (Å²) in [6.07, 6.45) is 7.03. The van der Waals surface area contributed by atoms with Gasteiger partial charge >= 0.3 is 0 Å². The van der Waals surface area contributed by atoms with Crippen molar-refractivity contribution < 1.29 is 0 Å². The van der Waals surface area contributed by atoms with Crippen molar-refractivity contribution in [2.45, 2.75) is 45.2 Å². The summed E-state index contributed by atoms with van der Waals surface area (Å²) in [5.74, 6) is 0.832. The molecule has 0 amide bonds. The van der Waals surface area contributed by atoms with E-state index in [1.807, 2.05) is 0 Å². The summed E-state index contributed by atoms with van der Waals surface area (Å²) in [7, 11) is 0. The van der Waals surface area contributed by atoms with Gasteiger partial charge in [0.25, 0.3) is 0 Å². The largest absolute Gasteiger partial charge is 0.349 e. The number of hydrogen-bond acceptors (Lipinski definition) is 3. The minimum absolute atomic E-state index is 0.503. The maximum atomic E-state index is 6.07. The highest BCUT2D eigenvalue weighted by atomic mass is 35.5. The Bertz CT molecular complexity index is 332. The van der Waals surface area contributed by atoms with Gasteiger partial charge in [0.1, 0.15) is 0 Å². The van der Waals surface area contributed by atoms with Gasteiger partial charge < -0.3 is 4.90 Å². The molecule has 0 radical (unpaired) electrons. The molecule has 0 aromatic carbocycles. The van der Waals surface area contributed by atoms with E-state index in [0.717, 1.165) is 5.82 Å². The second kappa shape index (κ2) is 4.35. The fraction of sp³-hybridized carbons (Fsp3) is 0.636. The molecule has 0 N–H and O–H groups in total. The Hall–Kier alpha value is -0.830. The summed E-state index contributed by atoms with van der Waals surface area (Å²) >= 11 is 6.07. The number of piperidine rings is 1. The van der Waals surface area contributed by atoms with Crippen LogP contribution >= 0.6 is 11.6 Å². The van der Waals surface area contributed by atoms with Crippen LogP contribution in [0.5, 0.6) is 0 Å². The molecule has 0 bridgehead atoms. The summed E-state index contributed by atoms with van der Waals surface area (Å²) < 4.78 is 0. The lowest BCUT2D eigenvalue weighted by atomic mass is 9.98. The van der Waals surface area contributed by atoms with Gasteiger partial charge in [-0.3, -0.25) is 0 Å². The highest BCUT2D eigenvalue weighted by Crippen LogP contribution is 2.30. The third kappa shape index (κ3) is 2.07. The summed E-state index contributed by atoms with van der Waals surface area (Å²) in [5.41, 5.74) is 0. The van der Waals surface area contributed by atoms with Crippen molar-refractivity contribution >= 4 is 17.4 Å². The SMILES string of the molecule is C[C@H]1CCC[C@H](C)N1c1nccnc1Cl. The third-order valence-corrected chi connectivity index (χ3v) is 3.34. The standard InChI is InChI=1S/C11H16ClN3/c1-8-4-3-5-9(2)15(8)11-10(12)13-6-7-14-11/h6-9H,3-5H2,1-2H3/t8-,9-/m0/s1. The normalized spacial score (nSPS) is 26.7. The Balaban J connectivity index is 2.31. The molecule has 0 spiro atoms. The van der Waals surface area contributed by atoms with E-state index in [2.05, 4.69) is 28.7 Å². The molecule has 0 unspecified atom stereocenters. The lowest BCUT2D eigenvalue weighted by Crippen LogP contribution is -2.44.